The molecule has 0 bridgehead atoms. The van der Waals surface area contributed by atoms with Crippen molar-refractivity contribution in [3.8, 4) is 0 Å². The van der Waals surface area contributed by atoms with Gasteiger partial charge in [-0.2, -0.15) is 0 Å². The molecule has 0 saturated carbocycles. The van der Waals surface area contributed by atoms with Gasteiger partial charge >= 0.3 is 0 Å². The lowest BCUT2D eigenvalue weighted by Gasteiger charge is -2.05. The molecule has 0 saturated heterocycles. The number of hydrogen-bond donors (Lipinski definition) is 2. The van der Waals surface area contributed by atoms with Crippen molar-refractivity contribution in [3.05, 3.63) is 54.6 Å². The lowest BCUT2D eigenvalue weighted by molar-refractivity contribution is 1.07. The van der Waals surface area contributed by atoms with E-state index in [0.29, 0.717) is 0 Å². The minimum absolute atomic E-state index is 0.777. The Morgan fingerprint density at radius 3 is 2.76 bits per heavy atom. The van der Waals surface area contributed by atoms with Crippen LogP contribution in [-0.4, -0.2) is 15.0 Å². The Hall–Kier alpha value is -2.36. The molecule has 0 aliphatic heterocycles. The summed E-state index contributed by atoms with van der Waals surface area (Å²) in [7, 11) is 0. The Morgan fingerprint density at radius 1 is 1.06 bits per heavy atom. The van der Waals surface area contributed by atoms with Gasteiger partial charge in [0.05, 0.1) is 17.6 Å². The van der Waals surface area contributed by atoms with E-state index in [4.69, 9.17) is 0 Å². The number of aromatic amines is 1. The molecule has 0 spiro atoms. The maximum absolute atomic E-state index is 4.28. The smallest absolute Gasteiger partial charge is 0.0907 e. The molecule has 2 N–H and O–H groups in total. The lowest BCUT2D eigenvalue weighted by Crippen LogP contribution is -1.99. The van der Waals surface area contributed by atoms with E-state index in [1.807, 2.05) is 36.5 Å². The molecule has 0 atom stereocenters. The van der Waals surface area contributed by atoms with Gasteiger partial charge in [-0.15, -0.1) is 0 Å². The molecule has 0 aliphatic rings. The van der Waals surface area contributed by atoms with E-state index in [0.717, 1.165) is 29.0 Å². The van der Waals surface area contributed by atoms with Gasteiger partial charge in [-0.3, -0.25) is 9.97 Å². The second-order valence-electron chi connectivity index (χ2n) is 3.81. The second kappa shape index (κ2) is 4.25. The molecule has 0 radical (unpaired) electrons. The van der Waals surface area contributed by atoms with Crippen LogP contribution in [0.2, 0.25) is 0 Å². The largest absolute Gasteiger partial charge is 0.379 e. The summed E-state index contributed by atoms with van der Waals surface area (Å²) in [6, 6.07) is 10.0. The van der Waals surface area contributed by atoms with Crippen molar-refractivity contribution in [1.82, 2.24) is 15.0 Å². The summed E-state index contributed by atoms with van der Waals surface area (Å²) in [6.45, 7) is 0.777. The molecule has 4 heteroatoms. The number of hydrogen-bond acceptors (Lipinski definition) is 3. The highest BCUT2D eigenvalue weighted by Crippen LogP contribution is 2.15. The molecule has 1 aromatic carbocycles. The van der Waals surface area contributed by atoms with Crippen molar-refractivity contribution < 1.29 is 0 Å². The van der Waals surface area contributed by atoms with Gasteiger partial charge in [-0.1, -0.05) is 0 Å². The van der Waals surface area contributed by atoms with Gasteiger partial charge in [-0.05, 0) is 30.3 Å². The highest BCUT2D eigenvalue weighted by Gasteiger charge is 1.98. The standard InChI is InChI=1S/C13H12N4/c1-2-11(14-5-1)9-17-10-3-4-12-13(8-10)16-7-6-15-12/h1-8,14,17H,9H2. The number of benzene rings is 1. The number of anilines is 1. The minimum Gasteiger partial charge on any atom is -0.379 e. The zero-order valence-electron chi connectivity index (χ0n) is 9.22. The number of nitrogens with zero attached hydrogens (tertiary/aromatic N) is 2. The van der Waals surface area contributed by atoms with Gasteiger partial charge in [0.15, 0.2) is 0 Å². The van der Waals surface area contributed by atoms with Gasteiger partial charge in [0.25, 0.3) is 0 Å². The van der Waals surface area contributed by atoms with Crippen LogP contribution in [-0.2, 0) is 6.54 Å². The van der Waals surface area contributed by atoms with Crippen molar-refractivity contribution >= 4 is 16.7 Å². The normalized spacial score (nSPS) is 10.6. The third-order valence-corrected chi connectivity index (χ3v) is 2.61. The second-order valence-corrected chi connectivity index (χ2v) is 3.81. The van der Waals surface area contributed by atoms with Crippen LogP contribution in [0.1, 0.15) is 5.69 Å². The average molecular weight is 224 g/mol. The molecule has 0 fully saturated rings. The first-order chi connectivity index (χ1) is 8.42. The van der Waals surface area contributed by atoms with Crippen molar-refractivity contribution in [2.45, 2.75) is 6.54 Å². The summed E-state index contributed by atoms with van der Waals surface area (Å²) in [5.41, 5.74) is 4.03. The fraction of sp³-hybridized carbons (Fsp3) is 0.0769. The van der Waals surface area contributed by atoms with Gasteiger partial charge < -0.3 is 10.3 Å². The molecular weight excluding hydrogens is 212 g/mol. The number of aromatic nitrogens is 3. The summed E-state index contributed by atoms with van der Waals surface area (Å²) in [4.78, 5) is 11.7. The third kappa shape index (κ3) is 2.10. The van der Waals surface area contributed by atoms with E-state index in [1.165, 1.54) is 0 Å². The molecule has 2 heterocycles. The van der Waals surface area contributed by atoms with E-state index >= 15 is 0 Å². The molecule has 0 aliphatic carbocycles. The summed E-state index contributed by atoms with van der Waals surface area (Å²) in [6.07, 6.45) is 5.33. The van der Waals surface area contributed by atoms with Gasteiger partial charge in [-0.25, -0.2) is 0 Å². The van der Waals surface area contributed by atoms with Crippen LogP contribution < -0.4 is 5.32 Å². The molecule has 0 amide bonds. The Kier molecular flexibility index (Phi) is 2.46. The molecule has 2 aromatic heterocycles. The van der Waals surface area contributed by atoms with Crippen LogP contribution in [0.4, 0.5) is 5.69 Å². The fourth-order valence-corrected chi connectivity index (χ4v) is 1.75. The highest BCUT2D eigenvalue weighted by atomic mass is 14.9. The highest BCUT2D eigenvalue weighted by molar-refractivity contribution is 5.78. The van der Waals surface area contributed by atoms with Crippen LogP contribution in [0.25, 0.3) is 11.0 Å². The Labute approximate surface area is 98.7 Å². The van der Waals surface area contributed by atoms with Crippen LogP contribution in [0.5, 0.6) is 0 Å². The third-order valence-electron chi connectivity index (χ3n) is 2.61. The minimum atomic E-state index is 0.777. The number of nitrogens with one attached hydrogen (secondary N) is 2. The molecule has 0 unspecified atom stereocenters. The van der Waals surface area contributed by atoms with E-state index in [9.17, 15) is 0 Å². The summed E-state index contributed by atoms with van der Waals surface area (Å²) >= 11 is 0. The van der Waals surface area contributed by atoms with E-state index in [1.54, 1.807) is 12.4 Å². The van der Waals surface area contributed by atoms with E-state index < -0.39 is 0 Å². The van der Waals surface area contributed by atoms with Crippen LogP contribution in [0.15, 0.2) is 48.9 Å². The first-order valence-corrected chi connectivity index (χ1v) is 5.49. The number of rotatable bonds is 3. The molecule has 3 rings (SSSR count). The lowest BCUT2D eigenvalue weighted by atomic mass is 10.2. The van der Waals surface area contributed by atoms with Crippen LogP contribution in [0, 0.1) is 0 Å². The van der Waals surface area contributed by atoms with Gasteiger partial charge in [0, 0.05) is 30.0 Å². The number of H-pyrrole nitrogens is 1. The quantitative estimate of drug-likeness (QED) is 0.719. The Balaban J connectivity index is 1.81. The molecule has 4 nitrogen and oxygen atoms in total. The zero-order chi connectivity index (χ0) is 11.5. The zero-order valence-corrected chi connectivity index (χ0v) is 9.22. The molecule has 3 aromatic rings. The number of fused-ring (bicyclic) bond motifs is 1. The monoisotopic (exact) mass is 224 g/mol. The van der Waals surface area contributed by atoms with Gasteiger partial charge in [0.1, 0.15) is 0 Å². The fourth-order valence-electron chi connectivity index (χ4n) is 1.75. The average Bonchev–Trinajstić information content (AvgIpc) is 2.89. The maximum Gasteiger partial charge on any atom is 0.0907 e. The van der Waals surface area contributed by atoms with Crippen LogP contribution >= 0.6 is 0 Å². The van der Waals surface area contributed by atoms with E-state index in [2.05, 4.69) is 20.3 Å². The Morgan fingerprint density at radius 2 is 1.94 bits per heavy atom. The Bertz CT molecular complexity index is 616. The predicted octanol–water partition coefficient (Wildman–Crippen LogP) is 2.57. The van der Waals surface area contributed by atoms with Crippen molar-refractivity contribution in [1.29, 1.82) is 0 Å². The first kappa shape index (κ1) is 9.84. The molecule has 17 heavy (non-hydrogen) atoms. The summed E-state index contributed by atoms with van der Waals surface area (Å²) < 4.78 is 0. The summed E-state index contributed by atoms with van der Waals surface area (Å²) in [5, 5.41) is 3.34. The van der Waals surface area contributed by atoms with Gasteiger partial charge in [0.2, 0.25) is 0 Å². The molecular formula is C13H12N4. The predicted molar refractivity (Wildman–Crippen MR) is 67.7 cm³/mol. The van der Waals surface area contributed by atoms with E-state index in [-0.39, 0.29) is 0 Å². The topological polar surface area (TPSA) is 53.6 Å². The van der Waals surface area contributed by atoms with Crippen molar-refractivity contribution in [2.24, 2.45) is 0 Å². The van der Waals surface area contributed by atoms with Crippen molar-refractivity contribution in [2.75, 3.05) is 5.32 Å². The SMILES string of the molecule is c1c[nH]c(CNc2ccc3nccnc3c2)c1. The van der Waals surface area contributed by atoms with Crippen LogP contribution in [0.3, 0.4) is 0 Å². The first-order valence-electron chi connectivity index (χ1n) is 5.49. The molecule has 84 valence electrons. The van der Waals surface area contributed by atoms with Crippen molar-refractivity contribution in [3.63, 3.8) is 0 Å². The summed E-state index contributed by atoms with van der Waals surface area (Å²) in [5.74, 6) is 0. The maximum atomic E-state index is 4.28.